The molecule has 0 saturated heterocycles. The van der Waals surface area contributed by atoms with Crippen LogP contribution in [0.2, 0.25) is 19.6 Å². The molecule has 0 radical (unpaired) electrons. The van der Waals surface area contributed by atoms with Crippen LogP contribution in [0.1, 0.15) is 18.9 Å². The van der Waals surface area contributed by atoms with Crippen molar-refractivity contribution in [1.29, 1.82) is 0 Å². The number of hydrogen-bond acceptors (Lipinski definition) is 2. The Balaban J connectivity index is 2.64. The second-order valence-electron chi connectivity index (χ2n) is 7.03. The van der Waals surface area contributed by atoms with Gasteiger partial charge < -0.3 is 4.90 Å². The van der Waals surface area contributed by atoms with Gasteiger partial charge in [-0.3, -0.25) is 4.90 Å². The maximum absolute atomic E-state index is 2.56. The van der Waals surface area contributed by atoms with E-state index in [1.807, 2.05) is 0 Å². The summed E-state index contributed by atoms with van der Waals surface area (Å²) >= 11 is 0. The van der Waals surface area contributed by atoms with Gasteiger partial charge in [0.25, 0.3) is 0 Å². The lowest BCUT2D eigenvalue weighted by Crippen LogP contribution is -2.37. The highest BCUT2D eigenvalue weighted by Crippen LogP contribution is 2.08. The summed E-state index contributed by atoms with van der Waals surface area (Å²) in [5.41, 5.74) is 1.44. The summed E-state index contributed by atoms with van der Waals surface area (Å²) < 4.78 is 0. The Hall–Kier alpha value is -0.643. The molecule has 0 saturated carbocycles. The Morgan fingerprint density at radius 1 is 0.900 bits per heavy atom. The van der Waals surface area contributed by atoms with Crippen molar-refractivity contribution in [3.8, 4) is 0 Å². The van der Waals surface area contributed by atoms with E-state index in [4.69, 9.17) is 0 Å². The molecule has 1 aromatic rings. The standard InChI is InChI=1S/C17H32N2Si/c1-7-12-19(14-13-18(2)3)15-16-8-10-17(11-9-16)20(4,5)6/h8-11H,7,12-15H2,1-6H3. The first kappa shape index (κ1) is 17.4. The minimum Gasteiger partial charge on any atom is -0.308 e. The number of benzene rings is 1. The smallest absolute Gasteiger partial charge is 0.0775 e. The van der Waals surface area contributed by atoms with Crippen LogP contribution < -0.4 is 5.19 Å². The van der Waals surface area contributed by atoms with E-state index in [0.717, 1.165) is 19.6 Å². The Kier molecular flexibility index (Phi) is 6.93. The van der Waals surface area contributed by atoms with Crippen LogP contribution in [0.4, 0.5) is 0 Å². The summed E-state index contributed by atoms with van der Waals surface area (Å²) in [5.74, 6) is 0. The molecule has 0 aliphatic heterocycles. The summed E-state index contributed by atoms with van der Waals surface area (Å²) in [7, 11) is 3.13. The Labute approximate surface area is 126 Å². The molecule has 1 aromatic carbocycles. The lowest BCUT2D eigenvalue weighted by atomic mass is 10.2. The lowest BCUT2D eigenvalue weighted by Gasteiger charge is -2.24. The van der Waals surface area contributed by atoms with Crippen molar-refractivity contribution in [2.75, 3.05) is 33.7 Å². The van der Waals surface area contributed by atoms with Crippen molar-refractivity contribution >= 4 is 13.3 Å². The molecule has 0 aromatic heterocycles. The Morgan fingerprint density at radius 3 is 1.95 bits per heavy atom. The summed E-state index contributed by atoms with van der Waals surface area (Å²) in [6.07, 6.45) is 1.22. The first-order valence-electron chi connectivity index (χ1n) is 7.79. The summed E-state index contributed by atoms with van der Waals surface area (Å²) in [6, 6.07) is 9.34. The van der Waals surface area contributed by atoms with Gasteiger partial charge in [-0.15, -0.1) is 0 Å². The molecule has 0 bridgehead atoms. The van der Waals surface area contributed by atoms with Crippen LogP contribution in [0, 0.1) is 0 Å². The van der Waals surface area contributed by atoms with Gasteiger partial charge in [0.05, 0.1) is 8.07 Å². The van der Waals surface area contributed by atoms with Crippen LogP contribution in [0.5, 0.6) is 0 Å². The molecule has 0 aliphatic carbocycles. The van der Waals surface area contributed by atoms with Gasteiger partial charge in [0.15, 0.2) is 0 Å². The first-order chi connectivity index (χ1) is 9.32. The monoisotopic (exact) mass is 292 g/mol. The average molecular weight is 293 g/mol. The molecule has 0 aliphatic rings. The topological polar surface area (TPSA) is 6.48 Å². The molecule has 3 heteroatoms. The maximum atomic E-state index is 2.56. The van der Waals surface area contributed by atoms with Crippen LogP contribution in [-0.2, 0) is 6.54 Å². The fourth-order valence-electron chi connectivity index (χ4n) is 2.30. The van der Waals surface area contributed by atoms with Gasteiger partial charge in [-0.1, -0.05) is 56.0 Å². The maximum Gasteiger partial charge on any atom is 0.0775 e. The number of hydrogen-bond donors (Lipinski definition) is 0. The van der Waals surface area contributed by atoms with Gasteiger partial charge in [-0.25, -0.2) is 0 Å². The van der Waals surface area contributed by atoms with E-state index in [-0.39, 0.29) is 0 Å². The third-order valence-corrected chi connectivity index (χ3v) is 5.69. The van der Waals surface area contributed by atoms with Crippen molar-refractivity contribution in [2.24, 2.45) is 0 Å². The predicted molar refractivity (Wildman–Crippen MR) is 93.5 cm³/mol. The fraction of sp³-hybridized carbons (Fsp3) is 0.647. The average Bonchev–Trinajstić information content (AvgIpc) is 2.36. The highest BCUT2D eigenvalue weighted by atomic mass is 28.3. The van der Waals surface area contributed by atoms with Crippen molar-refractivity contribution in [1.82, 2.24) is 9.80 Å². The first-order valence-corrected chi connectivity index (χ1v) is 11.3. The van der Waals surface area contributed by atoms with E-state index < -0.39 is 8.07 Å². The third-order valence-electron chi connectivity index (χ3n) is 3.63. The molecule has 114 valence electrons. The van der Waals surface area contributed by atoms with Crippen LogP contribution in [-0.4, -0.2) is 51.6 Å². The van der Waals surface area contributed by atoms with Crippen LogP contribution in [0.15, 0.2) is 24.3 Å². The van der Waals surface area contributed by atoms with E-state index in [9.17, 15) is 0 Å². The lowest BCUT2D eigenvalue weighted by molar-refractivity contribution is 0.234. The predicted octanol–water partition coefficient (Wildman–Crippen LogP) is 3.01. The molecule has 0 spiro atoms. The van der Waals surface area contributed by atoms with Gasteiger partial charge in [0.1, 0.15) is 0 Å². The molecule has 0 amide bonds. The molecular formula is C17H32N2Si. The van der Waals surface area contributed by atoms with Crippen molar-refractivity contribution in [3.05, 3.63) is 29.8 Å². The largest absolute Gasteiger partial charge is 0.308 e. The molecule has 20 heavy (non-hydrogen) atoms. The van der Waals surface area contributed by atoms with E-state index in [1.165, 1.54) is 18.5 Å². The molecule has 0 heterocycles. The Morgan fingerprint density at radius 2 is 1.50 bits per heavy atom. The molecule has 0 unspecified atom stereocenters. The number of nitrogens with zero attached hydrogens (tertiary/aromatic N) is 2. The minimum absolute atomic E-state index is 1.08. The van der Waals surface area contributed by atoms with Gasteiger partial charge in [0, 0.05) is 19.6 Å². The zero-order valence-corrected chi connectivity index (χ0v) is 15.2. The van der Waals surface area contributed by atoms with Crippen LogP contribution >= 0.6 is 0 Å². The molecule has 0 N–H and O–H groups in total. The zero-order chi connectivity index (χ0) is 15.2. The van der Waals surface area contributed by atoms with E-state index in [1.54, 1.807) is 5.19 Å². The van der Waals surface area contributed by atoms with Gasteiger partial charge in [-0.05, 0) is 32.6 Å². The quantitative estimate of drug-likeness (QED) is 0.680. The normalized spacial score (nSPS) is 12.4. The molecule has 0 atom stereocenters. The second-order valence-corrected chi connectivity index (χ2v) is 12.1. The molecule has 2 nitrogen and oxygen atoms in total. The van der Waals surface area contributed by atoms with Crippen LogP contribution in [0.25, 0.3) is 0 Å². The van der Waals surface area contributed by atoms with Crippen molar-refractivity contribution in [3.63, 3.8) is 0 Å². The third kappa shape index (κ3) is 6.20. The Bertz CT molecular complexity index is 379. The summed E-state index contributed by atoms with van der Waals surface area (Å²) in [5, 5.41) is 1.55. The minimum atomic E-state index is -1.16. The number of likely N-dealkylation sites (N-methyl/N-ethyl adjacent to an activating group) is 1. The van der Waals surface area contributed by atoms with Crippen molar-refractivity contribution < 1.29 is 0 Å². The SMILES string of the molecule is CCCN(CCN(C)C)Cc1ccc([Si](C)(C)C)cc1. The summed E-state index contributed by atoms with van der Waals surface area (Å²) in [6.45, 7) is 14.0. The highest BCUT2D eigenvalue weighted by molar-refractivity contribution is 6.88. The zero-order valence-electron chi connectivity index (χ0n) is 14.2. The summed E-state index contributed by atoms with van der Waals surface area (Å²) in [4.78, 5) is 4.82. The van der Waals surface area contributed by atoms with E-state index in [0.29, 0.717) is 0 Å². The molecule has 1 rings (SSSR count). The second kappa shape index (κ2) is 7.96. The molecular weight excluding hydrogens is 260 g/mol. The fourth-order valence-corrected chi connectivity index (χ4v) is 3.46. The van der Waals surface area contributed by atoms with Crippen molar-refractivity contribution in [2.45, 2.75) is 39.5 Å². The van der Waals surface area contributed by atoms with E-state index >= 15 is 0 Å². The van der Waals surface area contributed by atoms with Gasteiger partial charge >= 0.3 is 0 Å². The highest BCUT2D eigenvalue weighted by Gasteiger charge is 2.15. The van der Waals surface area contributed by atoms with Crippen LogP contribution in [0.3, 0.4) is 0 Å². The molecule has 0 fully saturated rings. The van der Waals surface area contributed by atoms with Gasteiger partial charge in [-0.2, -0.15) is 0 Å². The van der Waals surface area contributed by atoms with Gasteiger partial charge in [0.2, 0.25) is 0 Å². The van der Waals surface area contributed by atoms with E-state index in [2.05, 4.69) is 74.7 Å². The number of rotatable bonds is 8.